The number of hydrogen-bond donors (Lipinski definition) is 1. The predicted octanol–water partition coefficient (Wildman–Crippen LogP) is 2.21. The van der Waals surface area contributed by atoms with Crippen LogP contribution >= 0.6 is 0 Å². The van der Waals surface area contributed by atoms with Crippen molar-refractivity contribution in [3.8, 4) is 23.1 Å². The number of hydrogen-bond acceptors (Lipinski definition) is 4. The summed E-state index contributed by atoms with van der Waals surface area (Å²) >= 11 is 0. The van der Waals surface area contributed by atoms with Crippen molar-refractivity contribution >= 4 is 5.69 Å². The molecular weight excluding hydrogens is 214 g/mol. The molecule has 1 aromatic carbocycles. The Hall–Kier alpha value is -2.54. The number of rotatable bonds is 2. The van der Waals surface area contributed by atoms with Crippen LogP contribution in [0.2, 0.25) is 0 Å². The quantitative estimate of drug-likeness (QED) is 0.850. The second-order valence-electron chi connectivity index (χ2n) is 3.50. The van der Waals surface area contributed by atoms with Crippen molar-refractivity contribution < 1.29 is 4.74 Å². The van der Waals surface area contributed by atoms with Crippen molar-refractivity contribution in [1.82, 2.24) is 4.98 Å². The first kappa shape index (κ1) is 11.0. The van der Waals surface area contributed by atoms with Crippen molar-refractivity contribution in [2.75, 3.05) is 12.8 Å². The predicted molar refractivity (Wildman–Crippen MR) is 65.4 cm³/mol. The number of aromatic nitrogens is 1. The van der Waals surface area contributed by atoms with Crippen molar-refractivity contribution in [3.05, 3.63) is 42.1 Å². The highest BCUT2D eigenvalue weighted by Gasteiger charge is 2.08. The monoisotopic (exact) mass is 225 g/mol. The lowest BCUT2D eigenvalue weighted by Gasteiger charge is -2.08. The fraction of sp³-hybridized carbons (Fsp3) is 0.0769. The van der Waals surface area contributed by atoms with Crippen molar-refractivity contribution in [3.63, 3.8) is 0 Å². The highest BCUT2D eigenvalue weighted by molar-refractivity contribution is 5.69. The maximum absolute atomic E-state index is 8.89. The van der Waals surface area contributed by atoms with Crippen LogP contribution < -0.4 is 10.5 Å². The van der Waals surface area contributed by atoms with Crippen molar-refractivity contribution in [2.24, 2.45) is 0 Å². The van der Waals surface area contributed by atoms with Crippen LogP contribution in [0, 0.1) is 11.3 Å². The van der Waals surface area contributed by atoms with Gasteiger partial charge in [0.15, 0.2) is 0 Å². The normalized spacial score (nSPS) is 9.65. The SMILES string of the molecule is COc1ccc(C#N)cc1-c1ccc(N)cn1. The van der Waals surface area contributed by atoms with Gasteiger partial charge in [0.05, 0.1) is 36.3 Å². The summed E-state index contributed by atoms with van der Waals surface area (Å²) < 4.78 is 5.25. The minimum Gasteiger partial charge on any atom is -0.496 e. The van der Waals surface area contributed by atoms with Crippen LogP contribution in [0.1, 0.15) is 5.56 Å². The van der Waals surface area contributed by atoms with E-state index in [1.165, 1.54) is 0 Å². The van der Waals surface area contributed by atoms with Gasteiger partial charge in [-0.2, -0.15) is 5.26 Å². The molecule has 0 aliphatic carbocycles. The molecule has 84 valence electrons. The van der Waals surface area contributed by atoms with Gasteiger partial charge >= 0.3 is 0 Å². The molecular formula is C13H11N3O. The number of pyridine rings is 1. The summed E-state index contributed by atoms with van der Waals surface area (Å²) in [6.07, 6.45) is 1.58. The highest BCUT2D eigenvalue weighted by atomic mass is 16.5. The number of anilines is 1. The summed E-state index contributed by atoms with van der Waals surface area (Å²) in [6, 6.07) is 10.9. The third kappa shape index (κ3) is 2.18. The molecule has 0 aliphatic heterocycles. The van der Waals surface area contributed by atoms with E-state index in [2.05, 4.69) is 11.1 Å². The molecule has 0 atom stereocenters. The second kappa shape index (κ2) is 4.54. The molecule has 1 heterocycles. The zero-order chi connectivity index (χ0) is 12.3. The van der Waals surface area contributed by atoms with Gasteiger partial charge in [0, 0.05) is 5.56 Å². The molecule has 0 spiro atoms. The number of nitrogen functional groups attached to an aromatic ring is 1. The third-order valence-electron chi connectivity index (χ3n) is 2.39. The third-order valence-corrected chi connectivity index (χ3v) is 2.39. The molecule has 4 heteroatoms. The van der Waals surface area contributed by atoms with E-state index in [0.717, 1.165) is 11.3 Å². The van der Waals surface area contributed by atoms with Gasteiger partial charge in [-0.1, -0.05) is 0 Å². The van der Waals surface area contributed by atoms with Gasteiger partial charge in [-0.15, -0.1) is 0 Å². The van der Waals surface area contributed by atoms with Gasteiger partial charge in [0.2, 0.25) is 0 Å². The summed E-state index contributed by atoms with van der Waals surface area (Å²) in [6.45, 7) is 0. The molecule has 2 N–H and O–H groups in total. The Morgan fingerprint density at radius 3 is 2.71 bits per heavy atom. The van der Waals surface area contributed by atoms with E-state index < -0.39 is 0 Å². The zero-order valence-electron chi connectivity index (χ0n) is 9.34. The van der Waals surface area contributed by atoms with E-state index >= 15 is 0 Å². The number of nitriles is 1. The minimum atomic E-state index is 0.569. The van der Waals surface area contributed by atoms with Crippen molar-refractivity contribution in [2.45, 2.75) is 0 Å². The van der Waals surface area contributed by atoms with Gasteiger partial charge in [-0.3, -0.25) is 4.98 Å². The molecule has 0 radical (unpaired) electrons. The smallest absolute Gasteiger partial charge is 0.128 e. The fourth-order valence-corrected chi connectivity index (χ4v) is 1.54. The van der Waals surface area contributed by atoms with Crippen molar-refractivity contribution in [1.29, 1.82) is 5.26 Å². The Morgan fingerprint density at radius 2 is 2.12 bits per heavy atom. The first-order valence-corrected chi connectivity index (χ1v) is 5.04. The summed E-state index contributed by atoms with van der Waals surface area (Å²) in [5.74, 6) is 0.682. The largest absolute Gasteiger partial charge is 0.496 e. The molecule has 17 heavy (non-hydrogen) atoms. The Kier molecular flexibility index (Phi) is 2.93. The molecule has 0 unspecified atom stereocenters. The van der Waals surface area contributed by atoms with Gasteiger partial charge in [0.25, 0.3) is 0 Å². The zero-order valence-corrected chi connectivity index (χ0v) is 9.34. The molecule has 0 aliphatic rings. The van der Waals surface area contributed by atoms with Gasteiger partial charge in [-0.05, 0) is 30.3 Å². The standard InChI is InChI=1S/C13H11N3O/c1-17-13-5-2-9(7-14)6-11(13)12-4-3-10(15)8-16-12/h2-6,8H,15H2,1H3. The number of nitrogens with two attached hydrogens (primary N) is 1. The number of nitrogens with zero attached hydrogens (tertiary/aromatic N) is 2. The first-order chi connectivity index (χ1) is 8.24. The summed E-state index contributed by atoms with van der Waals surface area (Å²) in [7, 11) is 1.59. The molecule has 1 aromatic heterocycles. The van der Waals surface area contributed by atoms with E-state index in [4.69, 9.17) is 15.7 Å². The number of benzene rings is 1. The lowest BCUT2D eigenvalue weighted by molar-refractivity contribution is 0.416. The van der Waals surface area contributed by atoms with Crippen LogP contribution in [0.3, 0.4) is 0 Å². The van der Waals surface area contributed by atoms with Crippen LogP contribution in [-0.2, 0) is 0 Å². The fourth-order valence-electron chi connectivity index (χ4n) is 1.54. The first-order valence-electron chi connectivity index (χ1n) is 5.04. The second-order valence-corrected chi connectivity index (χ2v) is 3.50. The molecule has 2 aromatic rings. The Labute approximate surface area is 99.3 Å². The van der Waals surface area contributed by atoms with Gasteiger partial charge in [-0.25, -0.2) is 0 Å². The topological polar surface area (TPSA) is 71.9 Å². The Bertz CT molecular complexity index is 570. The van der Waals surface area contributed by atoms with E-state index in [0.29, 0.717) is 17.0 Å². The van der Waals surface area contributed by atoms with E-state index in [1.807, 2.05) is 0 Å². The number of ether oxygens (including phenoxy) is 1. The molecule has 0 saturated carbocycles. The van der Waals surface area contributed by atoms with E-state index in [-0.39, 0.29) is 0 Å². The lowest BCUT2D eigenvalue weighted by Crippen LogP contribution is -1.92. The minimum absolute atomic E-state index is 0.569. The summed E-state index contributed by atoms with van der Waals surface area (Å²) in [4.78, 5) is 4.22. The Morgan fingerprint density at radius 1 is 1.29 bits per heavy atom. The maximum atomic E-state index is 8.89. The molecule has 0 bridgehead atoms. The average molecular weight is 225 g/mol. The van der Waals surface area contributed by atoms with Gasteiger partial charge < -0.3 is 10.5 Å². The van der Waals surface area contributed by atoms with Crippen LogP contribution in [-0.4, -0.2) is 12.1 Å². The van der Waals surface area contributed by atoms with E-state index in [9.17, 15) is 0 Å². The van der Waals surface area contributed by atoms with E-state index in [1.54, 1.807) is 43.6 Å². The average Bonchev–Trinajstić information content (AvgIpc) is 2.39. The van der Waals surface area contributed by atoms with Crippen LogP contribution in [0.5, 0.6) is 5.75 Å². The molecule has 4 nitrogen and oxygen atoms in total. The number of methoxy groups -OCH3 is 1. The van der Waals surface area contributed by atoms with Crippen LogP contribution in [0.25, 0.3) is 11.3 Å². The molecule has 0 saturated heterocycles. The lowest BCUT2D eigenvalue weighted by atomic mass is 10.1. The van der Waals surface area contributed by atoms with Crippen LogP contribution in [0.4, 0.5) is 5.69 Å². The summed E-state index contributed by atoms with van der Waals surface area (Å²) in [5.41, 5.74) is 8.27. The van der Waals surface area contributed by atoms with Crippen LogP contribution in [0.15, 0.2) is 36.5 Å². The highest BCUT2D eigenvalue weighted by Crippen LogP contribution is 2.29. The Balaban J connectivity index is 2.56. The summed E-state index contributed by atoms with van der Waals surface area (Å²) in [5, 5.41) is 8.89. The molecule has 0 fully saturated rings. The molecule has 2 rings (SSSR count). The maximum Gasteiger partial charge on any atom is 0.128 e. The van der Waals surface area contributed by atoms with Gasteiger partial charge in [0.1, 0.15) is 5.75 Å². The molecule has 0 amide bonds.